The third-order valence-electron chi connectivity index (χ3n) is 9.61. The summed E-state index contributed by atoms with van der Waals surface area (Å²) in [6.07, 6.45) is 0. The van der Waals surface area contributed by atoms with Crippen LogP contribution in [0.25, 0.3) is 54.6 Å². The van der Waals surface area contributed by atoms with Crippen molar-refractivity contribution >= 4 is 88.8 Å². The standard InChI is InChI=1S/C46H30N2O2/c1-4-15-32(16-5-1)47(33-17-6-2-7-18-33)40-27-26-39(45-44-36-21-11-10-14-31(36)24-28-43(44)50-46(40)45)48(34-19-8-3-9-20-34)35-25-29-42-38(30-35)37-22-12-13-23-41(37)49-42/h1-30H. The third kappa shape index (κ3) is 4.46. The van der Waals surface area contributed by atoms with E-state index < -0.39 is 0 Å². The smallest absolute Gasteiger partial charge is 0.161 e. The van der Waals surface area contributed by atoms with Gasteiger partial charge in [0.25, 0.3) is 0 Å². The van der Waals surface area contributed by atoms with Crippen LogP contribution in [0.4, 0.5) is 34.1 Å². The maximum absolute atomic E-state index is 7.01. The molecule has 10 aromatic rings. The van der Waals surface area contributed by atoms with Crippen LogP contribution >= 0.6 is 0 Å². The van der Waals surface area contributed by atoms with Gasteiger partial charge in [-0.05, 0) is 89.6 Å². The number of anilines is 6. The van der Waals surface area contributed by atoms with Gasteiger partial charge < -0.3 is 18.6 Å². The highest BCUT2D eigenvalue weighted by Crippen LogP contribution is 2.50. The van der Waals surface area contributed by atoms with Gasteiger partial charge in [0.1, 0.15) is 16.7 Å². The molecule has 0 aliphatic rings. The summed E-state index contributed by atoms with van der Waals surface area (Å²) >= 11 is 0. The number of rotatable bonds is 6. The van der Waals surface area contributed by atoms with Gasteiger partial charge in [-0.3, -0.25) is 0 Å². The monoisotopic (exact) mass is 642 g/mol. The van der Waals surface area contributed by atoms with Gasteiger partial charge in [0.2, 0.25) is 0 Å². The van der Waals surface area contributed by atoms with Crippen LogP contribution in [-0.4, -0.2) is 0 Å². The zero-order valence-corrected chi connectivity index (χ0v) is 27.0. The lowest BCUT2D eigenvalue weighted by Crippen LogP contribution is -2.13. The van der Waals surface area contributed by atoms with E-state index in [1.165, 1.54) is 5.39 Å². The van der Waals surface area contributed by atoms with Crippen molar-refractivity contribution in [3.05, 3.63) is 182 Å². The minimum atomic E-state index is 0.817. The van der Waals surface area contributed by atoms with Gasteiger partial charge in [-0.2, -0.15) is 0 Å². The van der Waals surface area contributed by atoms with Crippen molar-refractivity contribution in [2.24, 2.45) is 0 Å². The van der Waals surface area contributed by atoms with Crippen LogP contribution in [-0.2, 0) is 0 Å². The molecule has 0 spiro atoms. The zero-order valence-electron chi connectivity index (χ0n) is 27.0. The summed E-state index contributed by atoms with van der Waals surface area (Å²) in [5, 5.41) is 6.63. The second-order valence-corrected chi connectivity index (χ2v) is 12.5. The Hall–Kier alpha value is -6.78. The molecule has 0 bridgehead atoms. The summed E-state index contributed by atoms with van der Waals surface area (Å²) in [4.78, 5) is 4.63. The molecular formula is C46H30N2O2. The molecule has 0 radical (unpaired) electrons. The molecule has 0 saturated carbocycles. The normalized spacial score (nSPS) is 11.6. The average Bonchev–Trinajstić information content (AvgIpc) is 3.76. The Morgan fingerprint density at radius 2 is 0.860 bits per heavy atom. The van der Waals surface area contributed by atoms with E-state index in [1.807, 2.05) is 12.1 Å². The number of furan rings is 2. The van der Waals surface area contributed by atoms with Crippen molar-refractivity contribution in [3.63, 3.8) is 0 Å². The minimum absolute atomic E-state index is 0.817. The summed E-state index contributed by atoms with van der Waals surface area (Å²) in [5.74, 6) is 0. The highest BCUT2D eigenvalue weighted by atomic mass is 16.3. The Morgan fingerprint density at radius 3 is 1.56 bits per heavy atom. The van der Waals surface area contributed by atoms with Crippen molar-refractivity contribution < 1.29 is 8.83 Å². The number of hydrogen-bond acceptors (Lipinski definition) is 4. The van der Waals surface area contributed by atoms with Crippen LogP contribution in [0.15, 0.2) is 191 Å². The first-order valence-corrected chi connectivity index (χ1v) is 16.9. The molecule has 0 fully saturated rings. The van der Waals surface area contributed by atoms with E-state index in [4.69, 9.17) is 8.83 Å². The molecule has 0 unspecified atom stereocenters. The molecule has 0 aliphatic heterocycles. The SMILES string of the molecule is c1ccc(N(c2ccccc2)c2ccc(N(c3ccccc3)c3ccc4oc5ccccc5c4c3)c3c2oc2ccc4ccccc4c23)cc1. The fourth-order valence-electron chi connectivity index (χ4n) is 7.41. The molecule has 10 rings (SSSR count). The Bertz CT molecular complexity index is 2780. The van der Waals surface area contributed by atoms with E-state index in [9.17, 15) is 0 Å². The summed E-state index contributed by atoms with van der Waals surface area (Å²) in [5.41, 5.74) is 9.58. The molecule has 0 atom stereocenters. The Morgan fingerprint density at radius 1 is 0.320 bits per heavy atom. The Kier molecular flexibility index (Phi) is 6.46. The van der Waals surface area contributed by atoms with Gasteiger partial charge >= 0.3 is 0 Å². The van der Waals surface area contributed by atoms with Crippen LogP contribution in [0.2, 0.25) is 0 Å². The van der Waals surface area contributed by atoms with Gasteiger partial charge in [0, 0.05) is 38.9 Å². The summed E-state index contributed by atoms with van der Waals surface area (Å²) in [6, 6.07) is 63.6. The molecule has 8 aromatic carbocycles. The molecule has 236 valence electrons. The predicted octanol–water partition coefficient (Wildman–Crippen LogP) is 13.6. The average molecular weight is 643 g/mol. The largest absolute Gasteiger partial charge is 0.456 e. The van der Waals surface area contributed by atoms with Crippen LogP contribution in [0.3, 0.4) is 0 Å². The summed E-state index contributed by atoms with van der Waals surface area (Å²) in [6.45, 7) is 0. The van der Waals surface area contributed by atoms with Crippen molar-refractivity contribution in [1.82, 2.24) is 0 Å². The van der Waals surface area contributed by atoms with Crippen molar-refractivity contribution in [1.29, 1.82) is 0 Å². The number of benzene rings is 8. The van der Waals surface area contributed by atoms with Gasteiger partial charge in [-0.1, -0.05) is 103 Å². The number of hydrogen-bond donors (Lipinski definition) is 0. The predicted molar refractivity (Wildman–Crippen MR) is 208 cm³/mol. The summed E-state index contributed by atoms with van der Waals surface area (Å²) in [7, 11) is 0. The number of nitrogens with zero attached hydrogens (tertiary/aromatic N) is 2. The van der Waals surface area contributed by atoms with E-state index in [1.54, 1.807) is 0 Å². The van der Waals surface area contributed by atoms with Crippen LogP contribution < -0.4 is 9.80 Å². The fraction of sp³-hybridized carbons (Fsp3) is 0. The molecule has 0 N–H and O–H groups in total. The molecular weight excluding hydrogens is 613 g/mol. The fourth-order valence-corrected chi connectivity index (χ4v) is 7.41. The molecule has 50 heavy (non-hydrogen) atoms. The van der Waals surface area contributed by atoms with Crippen molar-refractivity contribution in [2.45, 2.75) is 0 Å². The molecule has 4 nitrogen and oxygen atoms in total. The highest BCUT2D eigenvalue weighted by Gasteiger charge is 2.26. The lowest BCUT2D eigenvalue weighted by Gasteiger charge is -2.29. The second-order valence-electron chi connectivity index (χ2n) is 12.5. The van der Waals surface area contributed by atoms with E-state index >= 15 is 0 Å². The quantitative estimate of drug-likeness (QED) is 0.181. The van der Waals surface area contributed by atoms with Gasteiger partial charge in [0.15, 0.2) is 5.58 Å². The summed E-state index contributed by atoms with van der Waals surface area (Å²) < 4.78 is 13.3. The Balaban J connectivity index is 1.32. The first-order valence-electron chi connectivity index (χ1n) is 16.9. The maximum atomic E-state index is 7.01. The lowest BCUT2D eigenvalue weighted by molar-refractivity contribution is 0.668. The molecule has 0 saturated heterocycles. The van der Waals surface area contributed by atoms with Crippen molar-refractivity contribution in [2.75, 3.05) is 9.80 Å². The first kappa shape index (κ1) is 28.3. The topological polar surface area (TPSA) is 32.8 Å². The second kappa shape index (κ2) is 11.4. The zero-order chi connectivity index (χ0) is 33.0. The van der Waals surface area contributed by atoms with Gasteiger partial charge in [-0.25, -0.2) is 0 Å². The van der Waals surface area contributed by atoms with E-state index in [-0.39, 0.29) is 0 Å². The maximum Gasteiger partial charge on any atom is 0.161 e. The Labute approximate surface area is 288 Å². The van der Waals surface area contributed by atoms with E-state index in [0.717, 1.165) is 83.4 Å². The van der Waals surface area contributed by atoms with Crippen molar-refractivity contribution in [3.8, 4) is 0 Å². The minimum Gasteiger partial charge on any atom is -0.456 e. The van der Waals surface area contributed by atoms with E-state index in [0.29, 0.717) is 0 Å². The van der Waals surface area contributed by atoms with Crippen LogP contribution in [0.1, 0.15) is 0 Å². The van der Waals surface area contributed by atoms with Gasteiger partial charge in [-0.15, -0.1) is 0 Å². The molecule has 2 aromatic heterocycles. The molecule has 4 heteroatoms. The highest BCUT2D eigenvalue weighted by molar-refractivity contribution is 6.25. The van der Waals surface area contributed by atoms with E-state index in [2.05, 4.69) is 180 Å². The lowest BCUT2D eigenvalue weighted by atomic mass is 10.0. The molecule has 0 amide bonds. The molecule has 2 heterocycles. The molecule has 0 aliphatic carbocycles. The van der Waals surface area contributed by atoms with Crippen LogP contribution in [0, 0.1) is 0 Å². The number of fused-ring (bicyclic) bond motifs is 8. The third-order valence-corrected chi connectivity index (χ3v) is 9.61. The van der Waals surface area contributed by atoms with Gasteiger partial charge in [0.05, 0.1) is 16.8 Å². The van der Waals surface area contributed by atoms with Crippen LogP contribution in [0.5, 0.6) is 0 Å². The first-order chi connectivity index (χ1) is 24.8. The number of para-hydroxylation sites is 4.